The Morgan fingerprint density at radius 2 is 2.18 bits per heavy atom. The second kappa shape index (κ2) is 3.71. The molecule has 0 aliphatic carbocycles. The topological polar surface area (TPSA) is 29.1 Å². The molecule has 3 heteroatoms. The van der Waals surface area contributed by atoms with E-state index in [1.807, 2.05) is 0 Å². The van der Waals surface area contributed by atoms with E-state index in [0.717, 1.165) is 0 Å². The van der Waals surface area contributed by atoms with Gasteiger partial charge in [0, 0.05) is 12.1 Å². The molecule has 0 fully saturated rings. The van der Waals surface area contributed by atoms with Crippen LogP contribution in [0.3, 0.4) is 0 Å². The van der Waals surface area contributed by atoms with E-state index in [1.165, 1.54) is 6.07 Å². The molecule has 0 heterocycles. The molecule has 11 heavy (non-hydrogen) atoms. The van der Waals surface area contributed by atoms with E-state index in [0.29, 0.717) is 12.0 Å². The Hall–Kier alpha value is -1.38. The zero-order valence-corrected chi connectivity index (χ0v) is 5.88. The Balaban J connectivity index is 2.69. The first kappa shape index (κ1) is 7.72. The fourth-order valence-corrected chi connectivity index (χ4v) is 0.793. The van der Waals surface area contributed by atoms with Crippen molar-refractivity contribution < 1.29 is 9.18 Å². The summed E-state index contributed by atoms with van der Waals surface area (Å²) >= 11 is 0. The highest BCUT2D eigenvalue weighted by atomic mass is 19.1. The molecule has 1 N–H and O–H groups in total. The Bertz CT molecular complexity index is 250. The molecule has 0 unspecified atom stereocenters. The van der Waals surface area contributed by atoms with Gasteiger partial charge in [-0.1, -0.05) is 18.2 Å². The first-order valence-corrected chi connectivity index (χ1v) is 3.25. The lowest BCUT2D eigenvalue weighted by molar-refractivity contribution is -0.109. The molecule has 0 aliphatic heterocycles. The van der Waals surface area contributed by atoms with Crippen LogP contribution in [-0.4, -0.2) is 6.41 Å². The largest absolute Gasteiger partial charge is 0.354 e. The summed E-state index contributed by atoms with van der Waals surface area (Å²) in [7, 11) is 0. The van der Waals surface area contributed by atoms with Gasteiger partial charge in [-0.3, -0.25) is 4.79 Å². The molecule has 0 atom stereocenters. The minimum absolute atomic E-state index is 0.246. The van der Waals surface area contributed by atoms with Gasteiger partial charge in [0.15, 0.2) is 0 Å². The van der Waals surface area contributed by atoms with E-state index < -0.39 is 0 Å². The molecule has 1 amide bonds. The number of carbonyl (C=O) groups excluding carboxylic acids is 1. The highest BCUT2D eigenvalue weighted by Crippen LogP contribution is 2.04. The molecule has 0 saturated carbocycles. The van der Waals surface area contributed by atoms with E-state index in [-0.39, 0.29) is 12.4 Å². The zero-order valence-electron chi connectivity index (χ0n) is 5.88. The molecule has 1 aromatic carbocycles. The first-order chi connectivity index (χ1) is 5.34. The number of carbonyl (C=O) groups is 1. The average Bonchev–Trinajstić information content (AvgIpc) is 2.03. The Morgan fingerprint density at radius 3 is 2.82 bits per heavy atom. The first-order valence-electron chi connectivity index (χ1n) is 3.25. The number of nitrogens with one attached hydrogen (secondary N) is 1. The summed E-state index contributed by atoms with van der Waals surface area (Å²) < 4.78 is 12.8. The van der Waals surface area contributed by atoms with Gasteiger partial charge in [-0.05, 0) is 6.07 Å². The molecule has 1 aromatic rings. The molecule has 0 aromatic heterocycles. The lowest BCUT2D eigenvalue weighted by atomic mass is 10.2. The fraction of sp³-hybridized carbons (Fsp3) is 0.125. The van der Waals surface area contributed by atoms with Crippen LogP contribution in [0.15, 0.2) is 24.3 Å². The summed E-state index contributed by atoms with van der Waals surface area (Å²) in [6, 6.07) is 6.33. The van der Waals surface area contributed by atoms with E-state index in [4.69, 9.17) is 0 Å². The lowest BCUT2D eigenvalue weighted by Gasteiger charge is -1.99. The Kier molecular flexibility index (Phi) is 2.60. The van der Waals surface area contributed by atoms with Crippen molar-refractivity contribution in [3.8, 4) is 0 Å². The molecule has 0 aliphatic rings. The van der Waals surface area contributed by atoms with Gasteiger partial charge in [0.05, 0.1) is 0 Å². The quantitative estimate of drug-likeness (QED) is 0.646. The van der Waals surface area contributed by atoms with Gasteiger partial charge < -0.3 is 5.32 Å². The molecule has 1 rings (SSSR count). The third-order valence-corrected chi connectivity index (χ3v) is 1.33. The molecule has 2 nitrogen and oxygen atoms in total. The molecule has 0 radical (unpaired) electrons. The molecule has 0 spiro atoms. The monoisotopic (exact) mass is 153 g/mol. The lowest BCUT2D eigenvalue weighted by Crippen LogP contribution is -2.10. The average molecular weight is 153 g/mol. The summed E-state index contributed by atoms with van der Waals surface area (Å²) in [4.78, 5) is 9.86. The number of hydrogen-bond donors (Lipinski definition) is 1. The predicted octanol–water partition coefficient (Wildman–Crippen LogP) is 1.07. The maximum absolute atomic E-state index is 12.8. The maximum atomic E-state index is 12.8. The highest BCUT2D eigenvalue weighted by molar-refractivity contribution is 5.46. The fourth-order valence-electron chi connectivity index (χ4n) is 0.793. The summed E-state index contributed by atoms with van der Waals surface area (Å²) in [5.41, 5.74) is 0.500. The van der Waals surface area contributed by atoms with Gasteiger partial charge in [-0.25, -0.2) is 4.39 Å². The molecular weight excluding hydrogens is 145 g/mol. The van der Waals surface area contributed by atoms with Crippen LogP contribution < -0.4 is 5.32 Å². The van der Waals surface area contributed by atoms with Gasteiger partial charge in [0.1, 0.15) is 5.82 Å². The van der Waals surface area contributed by atoms with Crippen molar-refractivity contribution >= 4 is 6.41 Å². The van der Waals surface area contributed by atoms with Crippen molar-refractivity contribution in [3.63, 3.8) is 0 Å². The van der Waals surface area contributed by atoms with Crippen molar-refractivity contribution in [1.82, 2.24) is 5.32 Å². The smallest absolute Gasteiger partial charge is 0.207 e. The van der Waals surface area contributed by atoms with Crippen LogP contribution >= 0.6 is 0 Å². The van der Waals surface area contributed by atoms with Gasteiger partial charge >= 0.3 is 0 Å². The van der Waals surface area contributed by atoms with E-state index in [1.54, 1.807) is 18.2 Å². The highest BCUT2D eigenvalue weighted by Gasteiger charge is 1.97. The van der Waals surface area contributed by atoms with Crippen molar-refractivity contribution in [2.75, 3.05) is 0 Å². The summed E-state index contributed by atoms with van der Waals surface area (Å²) in [5, 5.41) is 2.38. The predicted molar refractivity (Wildman–Crippen MR) is 39.3 cm³/mol. The van der Waals surface area contributed by atoms with Crippen LogP contribution in [0, 0.1) is 5.82 Å². The third-order valence-electron chi connectivity index (χ3n) is 1.33. The Labute approximate surface area is 64.0 Å². The van der Waals surface area contributed by atoms with E-state index in [2.05, 4.69) is 5.32 Å². The number of hydrogen-bond acceptors (Lipinski definition) is 1. The number of amides is 1. The number of benzene rings is 1. The van der Waals surface area contributed by atoms with Gasteiger partial charge in [-0.15, -0.1) is 0 Å². The normalized spacial score (nSPS) is 9.18. The van der Waals surface area contributed by atoms with Crippen molar-refractivity contribution in [2.45, 2.75) is 6.54 Å². The van der Waals surface area contributed by atoms with Crippen LogP contribution in [0.1, 0.15) is 5.56 Å². The minimum Gasteiger partial charge on any atom is -0.354 e. The van der Waals surface area contributed by atoms with Gasteiger partial charge in [0.2, 0.25) is 6.41 Å². The van der Waals surface area contributed by atoms with Gasteiger partial charge in [0.25, 0.3) is 0 Å². The SMILES string of the molecule is O=CNCc1ccccc1F. The molecular formula is C8H8FNO. The van der Waals surface area contributed by atoms with Crippen LogP contribution in [0.25, 0.3) is 0 Å². The van der Waals surface area contributed by atoms with Crippen molar-refractivity contribution in [2.24, 2.45) is 0 Å². The number of halogens is 1. The van der Waals surface area contributed by atoms with Gasteiger partial charge in [-0.2, -0.15) is 0 Å². The van der Waals surface area contributed by atoms with Crippen LogP contribution in [-0.2, 0) is 11.3 Å². The number of rotatable bonds is 3. The van der Waals surface area contributed by atoms with Crippen molar-refractivity contribution in [3.05, 3.63) is 35.6 Å². The minimum atomic E-state index is -0.290. The summed E-state index contributed by atoms with van der Waals surface area (Å²) in [6.45, 7) is 0.246. The zero-order chi connectivity index (χ0) is 8.10. The van der Waals surface area contributed by atoms with Crippen molar-refractivity contribution in [1.29, 1.82) is 0 Å². The van der Waals surface area contributed by atoms with E-state index in [9.17, 15) is 9.18 Å². The summed E-state index contributed by atoms with van der Waals surface area (Å²) in [5.74, 6) is -0.290. The third kappa shape index (κ3) is 2.04. The molecule has 0 bridgehead atoms. The Morgan fingerprint density at radius 1 is 1.45 bits per heavy atom. The maximum Gasteiger partial charge on any atom is 0.207 e. The van der Waals surface area contributed by atoms with Crippen LogP contribution in [0.2, 0.25) is 0 Å². The second-order valence-electron chi connectivity index (χ2n) is 2.09. The standard InChI is InChI=1S/C8H8FNO/c9-8-4-2-1-3-7(8)5-10-6-11/h1-4,6H,5H2,(H,10,11). The van der Waals surface area contributed by atoms with Crippen LogP contribution in [0.5, 0.6) is 0 Å². The summed E-state index contributed by atoms with van der Waals surface area (Å²) in [6.07, 6.45) is 0.548. The molecule has 58 valence electrons. The van der Waals surface area contributed by atoms with E-state index >= 15 is 0 Å². The second-order valence-corrected chi connectivity index (χ2v) is 2.09. The van der Waals surface area contributed by atoms with Crippen LogP contribution in [0.4, 0.5) is 4.39 Å². The molecule has 0 saturated heterocycles.